The number of furan rings is 1. The Morgan fingerprint density at radius 3 is 1.79 bits per heavy atom. The Balaban J connectivity index is 0.928. The van der Waals surface area contributed by atoms with Gasteiger partial charge in [0.2, 0.25) is 0 Å². The van der Waals surface area contributed by atoms with E-state index in [1.54, 1.807) is 0 Å². The molecule has 3 nitrogen and oxygen atoms in total. The SMILES string of the molecule is CC1(C)c2ccccc2-c2ccc(N(c3ccc(-c4ccc5c(c4)c4cc6c(ccc7oc8ccccc8c76)cc4n5-c4cccc(-c5ccccc5)c4)cc3)c3cccc(-c4ccccc4)c3)cc21. The maximum atomic E-state index is 6.41. The highest BCUT2D eigenvalue weighted by Crippen LogP contribution is 2.51. The summed E-state index contributed by atoms with van der Waals surface area (Å²) in [5.41, 5.74) is 20.9. The summed E-state index contributed by atoms with van der Waals surface area (Å²) in [5, 5.41) is 7.07. The molecule has 0 radical (unpaired) electrons. The smallest absolute Gasteiger partial charge is 0.136 e. The molecule has 330 valence electrons. The number of hydrogen-bond donors (Lipinski definition) is 0. The van der Waals surface area contributed by atoms with Gasteiger partial charge in [0.05, 0.1) is 11.0 Å². The van der Waals surface area contributed by atoms with Crippen LogP contribution in [0.4, 0.5) is 17.1 Å². The fraction of sp³-hybridized carbons (Fsp3) is 0.0448. The van der Waals surface area contributed by atoms with Gasteiger partial charge in [0.1, 0.15) is 11.2 Å². The van der Waals surface area contributed by atoms with Crippen molar-refractivity contribution >= 4 is 71.6 Å². The Morgan fingerprint density at radius 1 is 0.357 bits per heavy atom. The van der Waals surface area contributed by atoms with Crippen LogP contribution in [0.3, 0.4) is 0 Å². The lowest BCUT2D eigenvalue weighted by Crippen LogP contribution is -2.16. The van der Waals surface area contributed by atoms with E-state index in [2.05, 4.69) is 260 Å². The zero-order valence-electron chi connectivity index (χ0n) is 38.9. The molecule has 2 aromatic heterocycles. The number of fused-ring (bicyclic) bond motifs is 11. The molecule has 0 unspecified atom stereocenters. The number of rotatable bonds is 7. The molecule has 1 aliphatic rings. The lowest BCUT2D eigenvalue weighted by molar-refractivity contribution is 0.660. The lowest BCUT2D eigenvalue weighted by atomic mass is 9.82. The highest BCUT2D eigenvalue weighted by Gasteiger charge is 2.36. The number of benzene rings is 11. The quantitative estimate of drug-likeness (QED) is 0.159. The second-order valence-electron chi connectivity index (χ2n) is 19.3. The van der Waals surface area contributed by atoms with Crippen molar-refractivity contribution < 1.29 is 4.42 Å². The summed E-state index contributed by atoms with van der Waals surface area (Å²) in [6.45, 7) is 4.71. The number of para-hydroxylation sites is 1. The molecule has 0 aliphatic heterocycles. The van der Waals surface area contributed by atoms with E-state index in [0.29, 0.717) is 0 Å². The number of hydrogen-bond acceptors (Lipinski definition) is 2. The van der Waals surface area contributed by atoms with Gasteiger partial charge in [0.25, 0.3) is 0 Å². The van der Waals surface area contributed by atoms with Crippen molar-refractivity contribution in [2.24, 2.45) is 0 Å². The number of nitrogens with zero attached hydrogens (tertiary/aromatic N) is 2. The van der Waals surface area contributed by atoms with Crippen LogP contribution in [0.1, 0.15) is 25.0 Å². The Kier molecular flexibility index (Phi) is 8.93. The van der Waals surface area contributed by atoms with Crippen molar-refractivity contribution in [1.29, 1.82) is 0 Å². The Morgan fingerprint density at radius 2 is 0.971 bits per heavy atom. The van der Waals surface area contributed by atoms with Crippen LogP contribution >= 0.6 is 0 Å². The maximum absolute atomic E-state index is 6.41. The Labute approximate surface area is 406 Å². The van der Waals surface area contributed by atoms with Crippen LogP contribution < -0.4 is 4.90 Å². The zero-order chi connectivity index (χ0) is 46.5. The molecule has 0 saturated carbocycles. The Hall–Kier alpha value is -8.92. The third-order valence-electron chi connectivity index (χ3n) is 14.9. The van der Waals surface area contributed by atoms with Crippen LogP contribution in [0.15, 0.2) is 247 Å². The van der Waals surface area contributed by atoms with Gasteiger partial charge in [-0.05, 0) is 151 Å². The molecule has 14 rings (SSSR count). The minimum absolute atomic E-state index is 0.125. The molecule has 0 N–H and O–H groups in total. The topological polar surface area (TPSA) is 21.3 Å². The fourth-order valence-corrected chi connectivity index (χ4v) is 11.5. The summed E-state index contributed by atoms with van der Waals surface area (Å²) in [6, 6.07) is 88.8. The second kappa shape index (κ2) is 15.6. The van der Waals surface area contributed by atoms with Gasteiger partial charge in [-0.25, -0.2) is 0 Å². The van der Waals surface area contributed by atoms with E-state index in [1.807, 2.05) is 6.07 Å². The van der Waals surface area contributed by atoms with E-state index in [1.165, 1.54) is 71.6 Å². The molecule has 0 bridgehead atoms. The van der Waals surface area contributed by atoms with Gasteiger partial charge in [0, 0.05) is 49.7 Å². The van der Waals surface area contributed by atoms with Gasteiger partial charge in [-0.1, -0.05) is 172 Å². The van der Waals surface area contributed by atoms with E-state index in [9.17, 15) is 0 Å². The number of anilines is 3. The first-order valence-electron chi connectivity index (χ1n) is 24.2. The van der Waals surface area contributed by atoms with E-state index in [-0.39, 0.29) is 5.41 Å². The van der Waals surface area contributed by atoms with E-state index in [0.717, 1.165) is 61.3 Å². The lowest BCUT2D eigenvalue weighted by Gasteiger charge is -2.28. The van der Waals surface area contributed by atoms with Crippen molar-refractivity contribution in [3.8, 4) is 50.2 Å². The molecule has 1 aliphatic carbocycles. The van der Waals surface area contributed by atoms with E-state index >= 15 is 0 Å². The zero-order valence-corrected chi connectivity index (χ0v) is 38.9. The molecule has 70 heavy (non-hydrogen) atoms. The van der Waals surface area contributed by atoms with Gasteiger partial charge < -0.3 is 13.9 Å². The van der Waals surface area contributed by atoms with Crippen LogP contribution in [0.2, 0.25) is 0 Å². The molecule has 3 heteroatoms. The molecule has 0 saturated heterocycles. The predicted octanol–water partition coefficient (Wildman–Crippen LogP) is 18.6. The first-order chi connectivity index (χ1) is 34.4. The summed E-state index contributed by atoms with van der Waals surface area (Å²) in [5.74, 6) is 0. The highest BCUT2D eigenvalue weighted by atomic mass is 16.3. The average Bonchev–Trinajstić information content (AvgIpc) is 4.03. The van der Waals surface area contributed by atoms with Gasteiger partial charge in [-0.2, -0.15) is 0 Å². The number of aromatic nitrogens is 1. The summed E-state index contributed by atoms with van der Waals surface area (Å²) < 4.78 is 8.85. The molecule has 0 amide bonds. The van der Waals surface area contributed by atoms with E-state index in [4.69, 9.17) is 4.42 Å². The third kappa shape index (κ3) is 6.28. The fourth-order valence-electron chi connectivity index (χ4n) is 11.5. The summed E-state index contributed by atoms with van der Waals surface area (Å²) in [6.07, 6.45) is 0. The van der Waals surface area contributed by atoms with Crippen molar-refractivity contribution in [1.82, 2.24) is 4.57 Å². The molecule has 11 aromatic carbocycles. The van der Waals surface area contributed by atoms with Crippen LogP contribution in [0.25, 0.3) is 105 Å². The van der Waals surface area contributed by atoms with Crippen LogP contribution in [-0.2, 0) is 5.41 Å². The van der Waals surface area contributed by atoms with Crippen molar-refractivity contribution in [2.75, 3.05) is 4.90 Å². The second-order valence-corrected chi connectivity index (χ2v) is 19.3. The predicted molar refractivity (Wildman–Crippen MR) is 294 cm³/mol. The molecule has 0 spiro atoms. The normalized spacial score (nSPS) is 12.8. The first-order valence-corrected chi connectivity index (χ1v) is 24.2. The summed E-state index contributed by atoms with van der Waals surface area (Å²) >= 11 is 0. The van der Waals surface area contributed by atoms with Crippen LogP contribution in [0, 0.1) is 0 Å². The largest absolute Gasteiger partial charge is 0.456 e. The van der Waals surface area contributed by atoms with Gasteiger partial charge in [0.15, 0.2) is 0 Å². The van der Waals surface area contributed by atoms with Crippen molar-refractivity contribution in [2.45, 2.75) is 19.3 Å². The van der Waals surface area contributed by atoms with E-state index < -0.39 is 0 Å². The van der Waals surface area contributed by atoms with Crippen molar-refractivity contribution in [3.05, 3.63) is 254 Å². The summed E-state index contributed by atoms with van der Waals surface area (Å²) in [7, 11) is 0. The van der Waals surface area contributed by atoms with Gasteiger partial charge >= 0.3 is 0 Å². The van der Waals surface area contributed by atoms with Crippen LogP contribution in [0.5, 0.6) is 0 Å². The minimum Gasteiger partial charge on any atom is -0.456 e. The monoisotopic (exact) mass is 894 g/mol. The van der Waals surface area contributed by atoms with Gasteiger partial charge in [-0.15, -0.1) is 0 Å². The maximum Gasteiger partial charge on any atom is 0.136 e. The molecule has 2 heterocycles. The average molecular weight is 895 g/mol. The minimum atomic E-state index is -0.125. The molecule has 0 atom stereocenters. The standard InChI is InChI=1S/C67H46N2O/c1-67(2)60-25-11-9-23-54(60)55-34-33-53(41-61(55)67)68(51-21-13-19-46(37-51)43-15-5-3-6-16-43)50-31-27-45(28-32-50)48-29-35-62-58(39-48)59-42-57-49(30-36-65-66(57)56-24-10-12-26-64(56)70-65)40-63(59)69(62)52-22-14-20-47(38-52)44-17-7-4-8-18-44/h3-42H,1-2H3. The molecule has 13 aromatic rings. The molecular weight excluding hydrogens is 849 g/mol. The van der Waals surface area contributed by atoms with Gasteiger partial charge in [-0.3, -0.25) is 0 Å². The first kappa shape index (κ1) is 40.2. The van der Waals surface area contributed by atoms with Crippen molar-refractivity contribution in [3.63, 3.8) is 0 Å². The van der Waals surface area contributed by atoms with Crippen LogP contribution in [-0.4, -0.2) is 4.57 Å². The molecule has 0 fully saturated rings. The highest BCUT2D eigenvalue weighted by molar-refractivity contribution is 6.23. The Bertz CT molecular complexity index is 4200. The molecular formula is C67H46N2O. The summed E-state index contributed by atoms with van der Waals surface area (Å²) in [4.78, 5) is 2.42. The third-order valence-corrected chi connectivity index (χ3v) is 14.9.